The van der Waals surface area contributed by atoms with Gasteiger partial charge in [0.2, 0.25) is 0 Å². The van der Waals surface area contributed by atoms with Gasteiger partial charge in [-0.15, -0.1) is 0 Å². The van der Waals surface area contributed by atoms with E-state index in [0.29, 0.717) is 13.2 Å². The summed E-state index contributed by atoms with van der Waals surface area (Å²) in [4.78, 5) is 2.56. The van der Waals surface area contributed by atoms with Gasteiger partial charge in [-0.2, -0.15) is 0 Å². The summed E-state index contributed by atoms with van der Waals surface area (Å²) in [6.45, 7) is 4.92. The fourth-order valence-corrected chi connectivity index (χ4v) is 2.56. The minimum Gasteiger partial charge on any atom is -0.494 e. The topological polar surface area (TPSA) is 38.5 Å². The van der Waals surface area contributed by atoms with Gasteiger partial charge in [-0.3, -0.25) is 4.90 Å². The molecule has 1 fully saturated rings. The summed E-state index contributed by atoms with van der Waals surface area (Å²) < 4.78 is 5.70. The summed E-state index contributed by atoms with van der Waals surface area (Å²) in [7, 11) is 0. The van der Waals surface area contributed by atoms with Crippen LogP contribution in [0.4, 0.5) is 0 Å². The quantitative estimate of drug-likeness (QED) is 0.801. The third kappa shape index (κ3) is 5.21. The lowest BCUT2D eigenvalue weighted by atomic mass is 10.2. The molecule has 2 rings (SSSR count). The lowest BCUT2D eigenvalue weighted by Crippen LogP contribution is -2.23. The highest BCUT2D eigenvalue weighted by Crippen LogP contribution is 2.17. The summed E-state index contributed by atoms with van der Waals surface area (Å²) in [5.74, 6) is 0.973. The van der Waals surface area contributed by atoms with Gasteiger partial charge in [-0.25, -0.2) is 0 Å². The zero-order valence-electron chi connectivity index (χ0n) is 11.8. The van der Waals surface area contributed by atoms with Gasteiger partial charge in [0.25, 0.3) is 0 Å². The average Bonchev–Trinajstić information content (AvgIpc) is 2.68. The van der Waals surface area contributed by atoms with Gasteiger partial charge in [0.15, 0.2) is 0 Å². The molecule has 106 valence electrons. The van der Waals surface area contributed by atoms with Crippen LogP contribution in [-0.4, -0.2) is 31.1 Å². The minimum absolute atomic E-state index is 0.688. The highest BCUT2D eigenvalue weighted by atomic mass is 16.5. The van der Waals surface area contributed by atoms with Crippen molar-refractivity contribution in [3.63, 3.8) is 0 Å². The van der Waals surface area contributed by atoms with Crippen LogP contribution in [0.3, 0.4) is 0 Å². The van der Waals surface area contributed by atoms with E-state index in [-0.39, 0.29) is 0 Å². The standard InChI is InChI=1S/C16H26N2O/c17-9-6-12-19-16-8-5-7-15(13-16)14-18-10-3-1-2-4-11-18/h5,7-8,13H,1-4,6,9-12,14,17H2. The Morgan fingerprint density at radius 3 is 2.63 bits per heavy atom. The molecule has 0 bridgehead atoms. The second kappa shape index (κ2) is 8.18. The summed E-state index contributed by atoms with van der Waals surface area (Å²) in [6.07, 6.45) is 6.37. The molecule has 0 atom stereocenters. The lowest BCUT2D eigenvalue weighted by molar-refractivity contribution is 0.275. The Labute approximate surface area is 116 Å². The highest BCUT2D eigenvalue weighted by molar-refractivity contribution is 5.28. The van der Waals surface area contributed by atoms with Crippen molar-refractivity contribution < 1.29 is 4.74 Å². The van der Waals surface area contributed by atoms with Crippen molar-refractivity contribution >= 4 is 0 Å². The Hall–Kier alpha value is -1.06. The first-order valence-electron chi connectivity index (χ1n) is 7.52. The van der Waals surface area contributed by atoms with Gasteiger partial charge >= 0.3 is 0 Å². The molecule has 1 saturated heterocycles. The fourth-order valence-electron chi connectivity index (χ4n) is 2.56. The molecule has 0 radical (unpaired) electrons. The summed E-state index contributed by atoms with van der Waals surface area (Å²) in [5.41, 5.74) is 6.83. The molecule has 3 nitrogen and oxygen atoms in total. The third-order valence-electron chi connectivity index (χ3n) is 3.62. The molecule has 0 amide bonds. The molecule has 3 heteroatoms. The van der Waals surface area contributed by atoms with E-state index in [1.807, 2.05) is 6.07 Å². The van der Waals surface area contributed by atoms with Crippen LogP contribution >= 0.6 is 0 Å². The molecule has 0 aliphatic carbocycles. The van der Waals surface area contributed by atoms with Crippen molar-refractivity contribution in [1.82, 2.24) is 4.90 Å². The molecule has 0 unspecified atom stereocenters. The second-order valence-corrected chi connectivity index (χ2v) is 5.33. The molecule has 1 aliphatic heterocycles. The van der Waals surface area contributed by atoms with Crippen molar-refractivity contribution in [1.29, 1.82) is 0 Å². The Bertz CT molecular complexity index is 360. The monoisotopic (exact) mass is 262 g/mol. The van der Waals surface area contributed by atoms with E-state index in [1.165, 1.54) is 44.3 Å². The predicted octanol–water partition coefficient (Wildman–Crippen LogP) is 2.79. The Kier molecular flexibility index (Phi) is 6.18. The Balaban J connectivity index is 1.86. The van der Waals surface area contributed by atoms with Crippen molar-refractivity contribution in [2.45, 2.75) is 38.6 Å². The van der Waals surface area contributed by atoms with Crippen LogP contribution in [0.1, 0.15) is 37.7 Å². The van der Waals surface area contributed by atoms with Crippen LogP contribution in [0.2, 0.25) is 0 Å². The molecule has 1 aliphatic rings. The van der Waals surface area contributed by atoms with Gasteiger partial charge in [0.1, 0.15) is 5.75 Å². The second-order valence-electron chi connectivity index (χ2n) is 5.33. The number of hydrogen-bond donors (Lipinski definition) is 1. The van der Waals surface area contributed by atoms with Crippen molar-refractivity contribution in [3.05, 3.63) is 29.8 Å². The molecule has 0 saturated carbocycles. The van der Waals surface area contributed by atoms with Crippen LogP contribution in [0.25, 0.3) is 0 Å². The van der Waals surface area contributed by atoms with Crippen molar-refractivity contribution in [3.8, 4) is 5.75 Å². The molecular weight excluding hydrogens is 236 g/mol. The summed E-state index contributed by atoms with van der Waals surface area (Å²) in [6, 6.07) is 8.48. The van der Waals surface area contributed by atoms with Gasteiger partial charge in [0, 0.05) is 6.54 Å². The van der Waals surface area contributed by atoms with Crippen LogP contribution in [-0.2, 0) is 6.54 Å². The van der Waals surface area contributed by atoms with E-state index < -0.39 is 0 Å². The van der Waals surface area contributed by atoms with Crippen LogP contribution in [0.5, 0.6) is 5.75 Å². The number of benzene rings is 1. The first kappa shape index (κ1) is 14.4. The first-order chi connectivity index (χ1) is 9.38. The van der Waals surface area contributed by atoms with E-state index in [4.69, 9.17) is 10.5 Å². The van der Waals surface area contributed by atoms with Crippen LogP contribution < -0.4 is 10.5 Å². The molecule has 0 spiro atoms. The number of ether oxygens (including phenoxy) is 1. The number of nitrogens with zero attached hydrogens (tertiary/aromatic N) is 1. The van der Waals surface area contributed by atoms with Gasteiger partial charge in [-0.05, 0) is 56.6 Å². The lowest BCUT2D eigenvalue weighted by Gasteiger charge is -2.20. The smallest absolute Gasteiger partial charge is 0.119 e. The average molecular weight is 262 g/mol. The van der Waals surface area contributed by atoms with E-state index in [9.17, 15) is 0 Å². The van der Waals surface area contributed by atoms with Crippen LogP contribution in [0.15, 0.2) is 24.3 Å². The number of hydrogen-bond acceptors (Lipinski definition) is 3. The minimum atomic E-state index is 0.688. The fraction of sp³-hybridized carbons (Fsp3) is 0.625. The molecule has 0 aromatic heterocycles. The maximum Gasteiger partial charge on any atom is 0.119 e. The zero-order valence-corrected chi connectivity index (χ0v) is 11.8. The van der Waals surface area contributed by atoms with E-state index in [1.54, 1.807) is 0 Å². The number of nitrogens with two attached hydrogens (primary N) is 1. The first-order valence-corrected chi connectivity index (χ1v) is 7.52. The van der Waals surface area contributed by atoms with E-state index in [0.717, 1.165) is 18.7 Å². The molecule has 1 heterocycles. The van der Waals surface area contributed by atoms with Gasteiger partial charge < -0.3 is 10.5 Å². The SMILES string of the molecule is NCCCOc1cccc(CN2CCCCCC2)c1. The number of rotatable bonds is 6. The molecule has 1 aromatic rings. The highest BCUT2D eigenvalue weighted by Gasteiger charge is 2.09. The summed E-state index contributed by atoms with van der Waals surface area (Å²) in [5, 5.41) is 0. The van der Waals surface area contributed by atoms with Crippen molar-refractivity contribution in [2.75, 3.05) is 26.2 Å². The Morgan fingerprint density at radius 2 is 1.89 bits per heavy atom. The zero-order chi connectivity index (χ0) is 13.3. The molecule has 19 heavy (non-hydrogen) atoms. The summed E-state index contributed by atoms with van der Waals surface area (Å²) >= 11 is 0. The van der Waals surface area contributed by atoms with Gasteiger partial charge in [-0.1, -0.05) is 25.0 Å². The van der Waals surface area contributed by atoms with Gasteiger partial charge in [0.05, 0.1) is 6.61 Å². The maximum atomic E-state index is 5.70. The largest absolute Gasteiger partial charge is 0.494 e. The van der Waals surface area contributed by atoms with Crippen molar-refractivity contribution in [2.24, 2.45) is 5.73 Å². The number of likely N-dealkylation sites (tertiary alicyclic amines) is 1. The normalized spacial score (nSPS) is 17.1. The van der Waals surface area contributed by atoms with E-state index >= 15 is 0 Å². The maximum absolute atomic E-state index is 5.70. The predicted molar refractivity (Wildman–Crippen MR) is 79.4 cm³/mol. The van der Waals surface area contributed by atoms with E-state index in [2.05, 4.69) is 23.1 Å². The molecule has 1 aromatic carbocycles. The Morgan fingerprint density at radius 1 is 1.11 bits per heavy atom. The van der Waals surface area contributed by atoms with Crippen LogP contribution in [0, 0.1) is 0 Å². The third-order valence-corrected chi connectivity index (χ3v) is 3.62. The molecule has 2 N–H and O–H groups in total. The molecular formula is C16H26N2O.